The molecule has 0 atom stereocenters. The van der Waals surface area contributed by atoms with Gasteiger partial charge in [-0.25, -0.2) is 9.78 Å². The summed E-state index contributed by atoms with van der Waals surface area (Å²) in [5, 5.41) is 14.6. The Morgan fingerprint density at radius 1 is 0.911 bits per heavy atom. The lowest BCUT2D eigenvalue weighted by atomic mass is 10.00. The molecule has 4 N–H and O–H groups in total. The van der Waals surface area contributed by atoms with Crippen LogP contribution >= 0.6 is 0 Å². The molecule has 0 saturated carbocycles. The Labute approximate surface area is 262 Å². The zero-order chi connectivity index (χ0) is 31.2. The number of piperazine rings is 1. The fourth-order valence-electron chi connectivity index (χ4n) is 5.59. The first kappa shape index (κ1) is 30.0. The molecular formula is C34H39N9O2. The average Bonchev–Trinajstić information content (AvgIpc) is 3.67. The van der Waals surface area contributed by atoms with Gasteiger partial charge in [-0.15, -0.1) is 0 Å². The van der Waals surface area contributed by atoms with Gasteiger partial charge in [0.2, 0.25) is 5.91 Å². The summed E-state index contributed by atoms with van der Waals surface area (Å²) in [5.74, 6) is -0.0112. The summed E-state index contributed by atoms with van der Waals surface area (Å²) in [6, 6.07) is 20.7. The number of urea groups is 1. The summed E-state index contributed by atoms with van der Waals surface area (Å²) in [4.78, 5) is 37.9. The van der Waals surface area contributed by atoms with Gasteiger partial charge in [-0.1, -0.05) is 30.3 Å². The van der Waals surface area contributed by atoms with Crippen LogP contribution in [0, 0.1) is 0 Å². The first-order chi connectivity index (χ1) is 21.9. The van der Waals surface area contributed by atoms with Gasteiger partial charge in [0.1, 0.15) is 11.3 Å². The van der Waals surface area contributed by atoms with Gasteiger partial charge in [0.25, 0.3) is 0 Å². The summed E-state index contributed by atoms with van der Waals surface area (Å²) >= 11 is 0. The van der Waals surface area contributed by atoms with Crippen LogP contribution in [0.15, 0.2) is 79.1 Å². The van der Waals surface area contributed by atoms with Crippen molar-refractivity contribution in [3.05, 3.63) is 84.8 Å². The van der Waals surface area contributed by atoms with Crippen LogP contribution in [-0.4, -0.2) is 87.8 Å². The SMILES string of the molecule is CCn1cc(-c2ccnc3[nH]c(CC(=O)NCCN4CCN(C)CC4)cc23)c(-c2ccc(NC(=O)Nc3ccccc3)cc2)n1. The lowest BCUT2D eigenvalue weighted by Gasteiger charge is -2.32. The van der Waals surface area contributed by atoms with Crippen molar-refractivity contribution in [2.45, 2.75) is 19.9 Å². The zero-order valence-corrected chi connectivity index (χ0v) is 25.7. The Balaban J connectivity index is 1.16. The minimum atomic E-state index is -0.309. The summed E-state index contributed by atoms with van der Waals surface area (Å²) in [6.07, 6.45) is 4.08. The van der Waals surface area contributed by atoms with E-state index in [0.29, 0.717) is 18.8 Å². The van der Waals surface area contributed by atoms with Gasteiger partial charge >= 0.3 is 6.03 Å². The largest absolute Gasteiger partial charge is 0.354 e. The fraction of sp³-hybridized carbons (Fsp3) is 0.294. The molecular weight excluding hydrogens is 566 g/mol. The van der Waals surface area contributed by atoms with Gasteiger partial charge in [-0.2, -0.15) is 5.10 Å². The highest BCUT2D eigenvalue weighted by molar-refractivity contribution is 6.00. The maximum Gasteiger partial charge on any atom is 0.323 e. The number of H-pyrrole nitrogens is 1. The molecule has 45 heavy (non-hydrogen) atoms. The minimum Gasteiger partial charge on any atom is -0.354 e. The highest BCUT2D eigenvalue weighted by Gasteiger charge is 2.18. The molecule has 11 nitrogen and oxygen atoms in total. The van der Waals surface area contributed by atoms with Crippen LogP contribution in [0.3, 0.4) is 0 Å². The van der Waals surface area contributed by atoms with Crippen LogP contribution < -0.4 is 16.0 Å². The monoisotopic (exact) mass is 605 g/mol. The number of carbonyl (C=O) groups excluding carboxylic acids is 2. The second-order valence-corrected chi connectivity index (χ2v) is 11.4. The number of hydrogen-bond acceptors (Lipinski definition) is 6. The van der Waals surface area contributed by atoms with E-state index in [9.17, 15) is 9.59 Å². The number of anilines is 2. The topological polar surface area (TPSA) is 123 Å². The van der Waals surface area contributed by atoms with Crippen molar-refractivity contribution in [3.8, 4) is 22.4 Å². The molecule has 1 saturated heterocycles. The zero-order valence-electron chi connectivity index (χ0n) is 25.7. The number of aryl methyl sites for hydroxylation is 1. The van der Waals surface area contributed by atoms with Crippen molar-refractivity contribution < 1.29 is 9.59 Å². The Kier molecular flexibility index (Phi) is 9.18. The Bertz CT molecular complexity index is 1750. The molecule has 2 aromatic carbocycles. The number of aromatic nitrogens is 4. The van der Waals surface area contributed by atoms with Crippen LogP contribution in [-0.2, 0) is 17.8 Å². The summed E-state index contributed by atoms with van der Waals surface area (Å²) in [6.45, 7) is 8.46. The van der Waals surface area contributed by atoms with E-state index in [-0.39, 0.29) is 18.4 Å². The fourth-order valence-corrected chi connectivity index (χ4v) is 5.59. The molecule has 0 unspecified atom stereocenters. The van der Waals surface area contributed by atoms with E-state index in [4.69, 9.17) is 5.10 Å². The van der Waals surface area contributed by atoms with Crippen molar-refractivity contribution in [3.63, 3.8) is 0 Å². The number of rotatable bonds is 10. The quantitative estimate of drug-likeness (QED) is 0.184. The predicted octanol–water partition coefficient (Wildman–Crippen LogP) is 4.66. The number of para-hydroxylation sites is 1. The maximum atomic E-state index is 12.8. The van der Waals surface area contributed by atoms with Gasteiger partial charge in [-0.3, -0.25) is 14.4 Å². The van der Waals surface area contributed by atoms with Crippen molar-refractivity contribution in [1.82, 2.24) is 34.9 Å². The van der Waals surface area contributed by atoms with Gasteiger partial charge in [0, 0.05) is 91.8 Å². The highest BCUT2D eigenvalue weighted by Crippen LogP contribution is 2.35. The number of likely N-dealkylation sites (N-methyl/N-ethyl adjacent to an activating group) is 1. The maximum absolute atomic E-state index is 12.8. The molecule has 232 valence electrons. The number of pyridine rings is 1. The second kappa shape index (κ2) is 13.7. The molecule has 1 aliphatic heterocycles. The lowest BCUT2D eigenvalue weighted by Crippen LogP contribution is -2.47. The van der Waals surface area contributed by atoms with Crippen LogP contribution in [0.5, 0.6) is 0 Å². The van der Waals surface area contributed by atoms with E-state index in [0.717, 1.165) is 77.5 Å². The lowest BCUT2D eigenvalue weighted by molar-refractivity contribution is -0.120. The number of aromatic amines is 1. The Morgan fingerprint density at radius 2 is 1.64 bits per heavy atom. The van der Waals surface area contributed by atoms with Gasteiger partial charge < -0.3 is 25.8 Å². The molecule has 0 aliphatic carbocycles. The van der Waals surface area contributed by atoms with E-state index in [1.807, 2.05) is 77.6 Å². The average molecular weight is 606 g/mol. The van der Waals surface area contributed by atoms with E-state index in [1.54, 1.807) is 6.20 Å². The first-order valence-electron chi connectivity index (χ1n) is 15.4. The molecule has 11 heteroatoms. The van der Waals surface area contributed by atoms with Crippen molar-refractivity contribution >= 4 is 34.3 Å². The molecule has 1 fully saturated rings. The first-order valence-corrected chi connectivity index (χ1v) is 15.4. The number of carbonyl (C=O) groups is 2. The molecule has 0 spiro atoms. The Morgan fingerprint density at radius 3 is 2.38 bits per heavy atom. The number of fused-ring (bicyclic) bond motifs is 1. The summed E-state index contributed by atoms with van der Waals surface area (Å²) in [7, 11) is 2.14. The molecule has 0 radical (unpaired) electrons. The summed E-state index contributed by atoms with van der Waals surface area (Å²) in [5.41, 5.74) is 6.64. The number of nitrogens with one attached hydrogen (secondary N) is 4. The van der Waals surface area contributed by atoms with Crippen LogP contribution in [0.25, 0.3) is 33.4 Å². The number of benzene rings is 2. The predicted molar refractivity (Wildman–Crippen MR) is 178 cm³/mol. The molecule has 5 aromatic rings. The van der Waals surface area contributed by atoms with Crippen LogP contribution in [0.1, 0.15) is 12.6 Å². The smallest absolute Gasteiger partial charge is 0.323 e. The standard InChI is InChI=1S/C34H39N9O2/c1-3-43-23-30(32(40-43)24-9-11-26(12-10-24)39-34(45)38-25-7-5-4-6-8-25)28-13-14-36-33-29(28)21-27(37-33)22-31(44)35-15-16-42-19-17-41(2)18-20-42/h4-14,21,23H,3,15-20,22H2,1-2H3,(H,35,44)(H,36,37)(H2,38,39,45). The van der Waals surface area contributed by atoms with E-state index < -0.39 is 0 Å². The van der Waals surface area contributed by atoms with E-state index in [1.165, 1.54) is 0 Å². The Hall–Kier alpha value is -5.00. The third-order valence-electron chi connectivity index (χ3n) is 8.11. The van der Waals surface area contributed by atoms with Gasteiger partial charge in [-0.05, 0) is 55.9 Å². The normalized spacial score (nSPS) is 14.0. The van der Waals surface area contributed by atoms with Crippen molar-refractivity contribution in [1.29, 1.82) is 0 Å². The molecule has 0 bridgehead atoms. The number of hydrogen-bond donors (Lipinski definition) is 4. The third kappa shape index (κ3) is 7.39. The molecule has 1 aliphatic rings. The third-order valence-corrected chi connectivity index (χ3v) is 8.11. The highest BCUT2D eigenvalue weighted by atomic mass is 16.2. The number of nitrogens with zero attached hydrogens (tertiary/aromatic N) is 5. The molecule has 4 heterocycles. The van der Waals surface area contributed by atoms with Crippen LogP contribution in [0.4, 0.5) is 16.2 Å². The molecule has 3 aromatic heterocycles. The van der Waals surface area contributed by atoms with Crippen molar-refractivity contribution in [2.75, 3.05) is 56.9 Å². The molecule has 3 amide bonds. The second-order valence-electron chi connectivity index (χ2n) is 11.4. The van der Waals surface area contributed by atoms with E-state index in [2.05, 4.69) is 49.7 Å². The summed E-state index contributed by atoms with van der Waals surface area (Å²) < 4.78 is 1.91. The minimum absolute atomic E-state index is 0.0112. The van der Waals surface area contributed by atoms with Crippen LogP contribution in [0.2, 0.25) is 0 Å². The molecule has 6 rings (SSSR count). The van der Waals surface area contributed by atoms with Crippen molar-refractivity contribution in [2.24, 2.45) is 0 Å². The van der Waals surface area contributed by atoms with Gasteiger partial charge in [0.05, 0.1) is 6.42 Å². The van der Waals surface area contributed by atoms with E-state index >= 15 is 0 Å². The van der Waals surface area contributed by atoms with Gasteiger partial charge in [0.15, 0.2) is 0 Å². The number of amides is 3.